The van der Waals surface area contributed by atoms with E-state index in [-0.39, 0.29) is 0 Å². The molecule has 0 radical (unpaired) electrons. The molecule has 0 saturated carbocycles. The van der Waals surface area contributed by atoms with E-state index in [1.165, 1.54) is 17.1 Å². The van der Waals surface area contributed by atoms with Gasteiger partial charge in [0, 0.05) is 30.2 Å². The molecule has 0 aromatic rings. The lowest BCUT2D eigenvalue weighted by Gasteiger charge is -2.29. The highest BCUT2D eigenvalue weighted by atomic mass is 35.5. The van der Waals surface area contributed by atoms with Crippen LogP contribution >= 0.6 is 11.6 Å². The fourth-order valence-electron chi connectivity index (χ4n) is 2.38. The Morgan fingerprint density at radius 2 is 2.13 bits per heavy atom. The number of aliphatic imine (C=N–C) groups is 1. The third kappa shape index (κ3) is 1.51. The Bertz CT molecular complexity index is 379. The highest BCUT2D eigenvalue weighted by molar-refractivity contribution is 6.19. The van der Waals surface area contributed by atoms with Crippen molar-refractivity contribution >= 4 is 17.4 Å². The largest absolute Gasteiger partial charge is 0.337 e. The van der Waals surface area contributed by atoms with E-state index >= 15 is 0 Å². The van der Waals surface area contributed by atoms with Gasteiger partial charge in [0.2, 0.25) is 0 Å². The van der Waals surface area contributed by atoms with Crippen molar-refractivity contribution in [2.45, 2.75) is 20.8 Å². The smallest absolute Gasteiger partial charge is 0.116 e. The van der Waals surface area contributed by atoms with E-state index in [2.05, 4.69) is 43.8 Å². The minimum Gasteiger partial charge on any atom is -0.337 e. The number of rotatable bonds is 1. The number of hydrogen-bond acceptors (Lipinski definition) is 2. The van der Waals surface area contributed by atoms with Crippen molar-refractivity contribution in [3.05, 3.63) is 23.0 Å². The number of hydrogen-bond donors (Lipinski definition) is 0. The van der Waals surface area contributed by atoms with Crippen LogP contribution in [0.15, 0.2) is 28.0 Å². The molecule has 2 aliphatic rings. The van der Waals surface area contributed by atoms with Crippen molar-refractivity contribution in [3.8, 4) is 0 Å². The summed E-state index contributed by atoms with van der Waals surface area (Å²) in [5.41, 5.74) is 3.66. The monoisotopic (exact) mass is 224 g/mol. The quantitative estimate of drug-likeness (QED) is 0.626. The molecule has 2 atom stereocenters. The molecule has 0 bridgehead atoms. The molecule has 3 heteroatoms. The predicted octanol–water partition coefficient (Wildman–Crippen LogP) is 3.01. The molecule has 2 unspecified atom stereocenters. The average molecular weight is 225 g/mol. The Morgan fingerprint density at radius 3 is 2.73 bits per heavy atom. The van der Waals surface area contributed by atoms with Gasteiger partial charge in [-0.3, -0.25) is 0 Å². The molecule has 2 heterocycles. The SMILES string of the molecule is CC1=CC2C(=NC(C)=C(CCl)C2C)N1C. The predicted molar refractivity (Wildman–Crippen MR) is 65.0 cm³/mol. The van der Waals surface area contributed by atoms with Crippen molar-refractivity contribution in [2.75, 3.05) is 12.9 Å². The first kappa shape index (κ1) is 10.7. The van der Waals surface area contributed by atoms with Crippen LogP contribution in [-0.2, 0) is 0 Å². The standard InChI is InChI=1S/C12H17ClN2/c1-7-5-10-8(2)11(6-13)9(3)14-12(10)15(7)4/h5,8,10H,6H2,1-4H3. The molecule has 0 fully saturated rings. The van der Waals surface area contributed by atoms with Crippen LogP contribution in [0.1, 0.15) is 20.8 Å². The van der Waals surface area contributed by atoms with Gasteiger partial charge in [0.25, 0.3) is 0 Å². The minimum absolute atomic E-state index is 0.424. The summed E-state index contributed by atoms with van der Waals surface area (Å²) in [6, 6.07) is 0. The normalized spacial score (nSPS) is 30.3. The van der Waals surface area contributed by atoms with Gasteiger partial charge in [-0.2, -0.15) is 0 Å². The molecule has 2 aliphatic heterocycles. The Hall–Kier alpha value is -0.760. The summed E-state index contributed by atoms with van der Waals surface area (Å²) in [6.45, 7) is 6.42. The third-order valence-electron chi connectivity index (χ3n) is 3.57. The molecule has 0 aromatic carbocycles. The first-order chi connectivity index (χ1) is 7.06. The molecule has 2 rings (SSSR count). The average Bonchev–Trinajstić information content (AvgIpc) is 2.46. The van der Waals surface area contributed by atoms with Gasteiger partial charge < -0.3 is 4.90 Å². The lowest BCUT2D eigenvalue weighted by molar-refractivity contribution is 0.550. The van der Waals surface area contributed by atoms with Crippen LogP contribution in [0.4, 0.5) is 0 Å². The molecular weight excluding hydrogens is 208 g/mol. The number of alkyl halides is 1. The number of amidine groups is 1. The van der Waals surface area contributed by atoms with Crippen LogP contribution in [0.5, 0.6) is 0 Å². The van der Waals surface area contributed by atoms with E-state index in [4.69, 9.17) is 11.6 Å². The zero-order valence-corrected chi connectivity index (χ0v) is 10.5. The van der Waals surface area contributed by atoms with Gasteiger partial charge in [-0.25, -0.2) is 4.99 Å². The van der Waals surface area contributed by atoms with Gasteiger partial charge in [-0.05, 0) is 25.3 Å². The maximum absolute atomic E-state index is 5.97. The lowest BCUT2D eigenvalue weighted by atomic mass is 9.85. The molecular formula is C12H17ClN2. The Kier molecular flexibility index (Phi) is 2.63. The van der Waals surface area contributed by atoms with E-state index in [0.29, 0.717) is 17.7 Å². The second kappa shape index (κ2) is 3.67. The molecule has 0 saturated heterocycles. The fourth-order valence-corrected chi connectivity index (χ4v) is 2.81. The summed E-state index contributed by atoms with van der Waals surface area (Å²) in [6.07, 6.45) is 2.29. The van der Waals surface area contributed by atoms with E-state index in [9.17, 15) is 0 Å². The first-order valence-corrected chi connectivity index (χ1v) is 5.86. The van der Waals surface area contributed by atoms with Crippen molar-refractivity contribution < 1.29 is 0 Å². The van der Waals surface area contributed by atoms with Crippen molar-refractivity contribution in [3.63, 3.8) is 0 Å². The lowest BCUT2D eigenvalue weighted by Crippen LogP contribution is -2.31. The van der Waals surface area contributed by atoms with E-state index in [0.717, 1.165) is 5.70 Å². The second-order valence-corrected chi connectivity index (χ2v) is 4.66. The van der Waals surface area contributed by atoms with Gasteiger partial charge in [0.1, 0.15) is 5.84 Å². The maximum atomic E-state index is 5.97. The number of nitrogens with zero attached hydrogens (tertiary/aromatic N) is 2. The van der Waals surface area contributed by atoms with Crippen molar-refractivity contribution in [1.29, 1.82) is 0 Å². The topological polar surface area (TPSA) is 15.6 Å². The summed E-state index contributed by atoms with van der Waals surface area (Å²) in [5.74, 6) is 2.67. The summed E-state index contributed by atoms with van der Waals surface area (Å²) in [5, 5.41) is 0. The number of allylic oxidation sites excluding steroid dienone is 3. The summed E-state index contributed by atoms with van der Waals surface area (Å²) in [7, 11) is 2.08. The highest BCUT2D eigenvalue weighted by Gasteiger charge is 2.35. The maximum Gasteiger partial charge on any atom is 0.116 e. The number of fused-ring (bicyclic) bond motifs is 1. The number of halogens is 1. The van der Waals surface area contributed by atoms with Crippen LogP contribution in [0, 0.1) is 11.8 Å². The van der Waals surface area contributed by atoms with Gasteiger partial charge in [0.15, 0.2) is 0 Å². The highest BCUT2D eigenvalue weighted by Crippen LogP contribution is 2.37. The van der Waals surface area contributed by atoms with Crippen LogP contribution in [0.2, 0.25) is 0 Å². The van der Waals surface area contributed by atoms with Gasteiger partial charge in [-0.1, -0.05) is 13.0 Å². The first-order valence-electron chi connectivity index (χ1n) is 5.32. The van der Waals surface area contributed by atoms with Gasteiger partial charge in [-0.15, -0.1) is 11.6 Å². The summed E-state index contributed by atoms with van der Waals surface area (Å²) < 4.78 is 0. The molecule has 2 nitrogen and oxygen atoms in total. The molecule has 0 N–H and O–H groups in total. The van der Waals surface area contributed by atoms with Crippen LogP contribution in [-0.4, -0.2) is 23.7 Å². The minimum atomic E-state index is 0.424. The molecule has 0 spiro atoms. The van der Waals surface area contributed by atoms with Crippen LogP contribution in [0.3, 0.4) is 0 Å². The van der Waals surface area contributed by atoms with Crippen molar-refractivity contribution in [2.24, 2.45) is 16.8 Å². The van der Waals surface area contributed by atoms with E-state index in [1.54, 1.807) is 0 Å². The summed E-state index contributed by atoms with van der Waals surface area (Å²) >= 11 is 5.97. The molecule has 15 heavy (non-hydrogen) atoms. The Labute approximate surface area is 96.3 Å². The van der Waals surface area contributed by atoms with E-state index < -0.39 is 0 Å². The van der Waals surface area contributed by atoms with Crippen LogP contribution in [0.25, 0.3) is 0 Å². The van der Waals surface area contributed by atoms with Gasteiger partial charge in [0.05, 0.1) is 0 Å². The molecule has 0 aliphatic carbocycles. The van der Waals surface area contributed by atoms with Crippen molar-refractivity contribution in [1.82, 2.24) is 4.90 Å². The van der Waals surface area contributed by atoms with Gasteiger partial charge >= 0.3 is 0 Å². The molecule has 0 amide bonds. The van der Waals surface area contributed by atoms with E-state index in [1.807, 2.05) is 0 Å². The third-order valence-corrected chi connectivity index (χ3v) is 3.86. The fraction of sp³-hybridized carbons (Fsp3) is 0.583. The van der Waals surface area contributed by atoms with Crippen LogP contribution < -0.4 is 0 Å². The Morgan fingerprint density at radius 1 is 1.47 bits per heavy atom. The molecule has 0 aromatic heterocycles. The molecule has 82 valence electrons. The Balaban J connectivity index is 2.44. The zero-order valence-electron chi connectivity index (χ0n) is 9.71. The zero-order chi connectivity index (χ0) is 11.2. The second-order valence-electron chi connectivity index (χ2n) is 4.40. The summed E-state index contributed by atoms with van der Waals surface area (Å²) in [4.78, 5) is 6.84.